The van der Waals surface area contributed by atoms with Crippen LogP contribution in [-0.4, -0.2) is 52.3 Å². The number of ether oxygens (including phenoxy) is 1. The van der Waals surface area contributed by atoms with Crippen molar-refractivity contribution in [3.8, 4) is 0 Å². The molecule has 1 saturated heterocycles. The fourth-order valence-electron chi connectivity index (χ4n) is 3.08. The normalized spacial score (nSPS) is 17.4. The molecule has 1 amide bonds. The number of rotatable bonds is 6. The van der Waals surface area contributed by atoms with Gasteiger partial charge in [0.05, 0.1) is 19.1 Å². The molecule has 0 aliphatic carbocycles. The van der Waals surface area contributed by atoms with E-state index in [4.69, 9.17) is 9.84 Å². The van der Waals surface area contributed by atoms with Crippen LogP contribution in [0.1, 0.15) is 22.5 Å². The molecular formula is C19H22N2O4. The topological polar surface area (TPSA) is 71.8 Å². The highest BCUT2D eigenvalue weighted by Gasteiger charge is 2.27. The molecule has 0 bridgehead atoms. The van der Waals surface area contributed by atoms with Gasteiger partial charge in [-0.25, -0.2) is 0 Å². The maximum atomic E-state index is 12.8. The van der Waals surface area contributed by atoms with Gasteiger partial charge in [0.2, 0.25) is 0 Å². The third-order valence-electron chi connectivity index (χ3n) is 4.36. The lowest BCUT2D eigenvalue weighted by Gasteiger charge is -2.32. The zero-order valence-corrected chi connectivity index (χ0v) is 14.0. The second-order valence-electron chi connectivity index (χ2n) is 6.16. The van der Waals surface area contributed by atoms with Gasteiger partial charge in [0.25, 0.3) is 5.91 Å². The third-order valence-corrected chi connectivity index (χ3v) is 4.36. The van der Waals surface area contributed by atoms with Crippen molar-refractivity contribution in [3.63, 3.8) is 0 Å². The van der Waals surface area contributed by atoms with Crippen LogP contribution in [0.15, 0.2) is 48.7 Å². The van der Waals surface area contributed by atoms with E-state index in [1.165, 1.54) is 5.56 Å². The van der Waals surface area contributed by atoms with Gasteiger partial charge in [-0.1, -0.05) is 30.3 Å². The first-order chi connectivity index (χ1) is 12.1. The molecule has 1 N–H and O–H groups in total. The fraction of sp³-hybridized carbons (Fsp3) is 0.368. The Hall–Kier alpha value is -2.60. The molecule has 132 valence electrons. The first-order valence-electron chi connectivity index (χ1n) is 8.45. The standard InChI is InChI=1S/C19H22N2O4/c22-18(23)13-16-14-21(11-12-25-16)19(24)17-7-4-9-20(17)10-8-15-5-2-1-3-6-15/h1-7,9,16H,8,10-14H2,(H,22,23). The zero-order chi connectivity index (χ0) is 17.6. The van der Waals surface area contributed by atoms with E-state index in [9.17, 15) is 9.59 Å². The van der Waals surface area contributed by atoms with Gasteiger partial charge in [0, 0.05) is 25.8 Å². The van der Waals surface area contributed by atoms with Crippen LogP contribution in [0.4, 0.5) is 0 Å². The van der Waals surface area contributed by atoms with Crippen molar-refractivity contribution in [2.75, 3.05) is 19.7 Å². The van der Waals surface area contributed by atoms with Gasteiger partial charge >= 0.3 is 5.97 Å². The predicted molar refractivity (Wildman–Crippen MR) is 92.5 cm³/mol. The Morgan fingerprint density at radius 2 is 1.96 bits per heavy atom. The largest absolute Gasteiger partial charge is 0.481 e. The Balaban J connectivity index is 1.64. The summed E-state index contributed by atoms with van der Waals surface area (Å²) < 4.78 is 7.40. The van der Waals surface area contributed by atoms with Gasteiger partial charge in [0.15, 0.2) is 0 Å². The molecule has 1 fully saturated rings. The molecule has 1 aliphatic rings. The number of hydrogen-bond donors (Lipinski definition) is 1. The van der Waals surface area contributed by atoms with Gasteiger partial charge < -0.3 is 19.3 Å². The molecule has 0 radical (unpaired) electrons. The quantitative estimate of drug-likeness (QED) is 0.872. The van der Waals surface area contributed by atoms with Crippen LogP contribution in [0.2, 0.25) is 0 Å². The molecule has 1 unspecified atom stereocenters. The summed E-state index contributed by atoms with van der Waals surface area (Å²) in [5.41, 5.74) is 1.86. The Bertz CT molecular complexity index is 726. The maximum Gasteiger partial charge on any atom is 0.306 e. The van der Waals surface area contributed by atoms with Gasteiger partial charge in [-0.3, -0.25) is 9.59 Å². The summed E-state index contributed by atoms with van der Waals surface area (Å²) in [4.78, 5) is 25.4. The molecule has 1 aromatic carbocycles. The van der Waals surface area contributed by atoms with Crippen molar-refractivity contribution in [1.82, 2.24) is 9.47 Å². The highest BCUT2D eigenvalue weighted by Crippen LogP contribution is 2.14. The Morgan fingerprint density at radius 1 is 1.16 bits per heavy atom. The minimum Gasteiger partial charge on any atom is -0.481 e. The van der Waals surface area contributed by atoms with Crippen molar-refractivity contribution in [3.05, 3.63) is 59.9 Å². The summed E-state index contributed by atoms with van der Waals surface area (Å²) in [6.07, 6.45) is 2.23. The Morgan fingerprint density at radius 3 is 2.72 bits per heavy atom. The molecule has 0 saturated carbocycles. The van der Waals surface area contributed by atoms with Gasteiger partial charge in [0.1, 0.15) is 5.69 Å². The number of amides is 1. The zero-order valence-electron chi connectivity index (χ0n) is 14.0. The maximum absolute atomic E-state index is 12.8. The molecule has 1 atom stereocenters. The lowest BCUT2D eigenvalue weighted by atomic mass is 10.1. The number of morpholine rings is 1. The highest BCUT2D eigenvalue weighted by molar-refractivity contribution is 5.93. The van der Waals surface area contributed by atoms with Crippen LogP contribution >= 0.6 is 0 Å². The van der Waals surface area contributed by atoms with E-state index in [-0.39, 0.29) is 12.3 Å². The van der Waals surface area contributed by atoms with Crippen LogP contribution in [0, 0.1) is 0 Å². The van der Waals surface area contributed by atoms with Crippen LogP contribution < -0.4 is 0 Å². The van der Waals surface area contributed by atoms with Crippen LogP contribution in [-0.2, 0) is 22.5 Å². The average molecular weight is 342 g/mol. The summed E-state index contributed by atoms with van der Waals surface area (Å²) in [7, 11) is 0. The van der Waals surface area contributed by atoms with Gasteiger partial charge in [-0.05, 0) is 24.1 Å². The van der Waals surface area contributed by atoms with Gasteiger partial charge in [-0.15, -0.1) is 0 Å². The van der Waals surface area contributed by atoms with E-state index < -0.39 is 12.1 Å². The molecule has 1 aromatic heterocycles. The lowest BCUT2D eigenvalue weighted by molar-refractivity contribution is -0.141. The summed E-state index contributed by atoms with van der Waals surface area (Å²) in [6.45, 7) is 1.89. The SMILES string of the molecule is O=C(O)CC1CN(C(=O)c2cccn2CCc2ccccc2)CCO1. The minimum absolute atomic E-state index is 0.0725. The number of aliphatic carboxylic acids is 1. The van der Waals surface area contributed by atoms with Crippen molar-refractivity contribution in [1.29, 1.82) is 0 Å². The number of aromatic nitrogens is 1. The summed E-state index contributed by atoms with van der Waals surface area (Å²) in [6, 6.07) is 13.8. The number of carboxylic acid groups (broad SMARTS) is 1. The predicted octanol–water partition coefficient (Wildman–Crippen LogP) is 2.05. The third kappa shape index (κ3) is 4.48. The van der Waals surface area contributed by atoms with Crippen LogP contribution in [0.5, 0.6) is 0 Å². The molecular weight excluding hydrogens is 320 g/mol. The molecule has 2 heterocycles. The molecule has 1 aliphatic heterocycles. The summed E-state index contributed by atoms with van der Waals surface area (Å²) in [5.74, 6) is -0.984. The monoisotopic (exact) mass is 342 g/mol. The molecule has 3 rings (SSSR count). The number of aryl methyl sites for hydroxylation is 2. The minimum atomic E-state index is -0.912. The van der Waals surface area contributed by atoms with Crippen LogP contribution in [0.3, 0.4) is 0 Å². The number of carbonyl (C=O) groups excluding carboxylic acids is 1. The van der Waals surface area contributed by atoms with E-state index in [1.807, 2.05) is 41.1 Å². The van der Waals surface area contributed by atoms with Gasteiger partial charge in [-0.2, -0.15) is 0 Å². The van der Waals surface area contributed by atoms with Crippen molar-refractivity contribution in [2.45, 2.75) is 25.5 Å². The number of nitrogens with zero attached hydrogens (tertiary/aromatic N) is 2. The second-order valence-corrected chi connectivity index (χ2v) is 6.16. The van der Waals surface area contributed by atoms with E-state index >= 15 is 0 Å². The van der Waals surface area contributed by atoms with E-state index in [2.05, 4.69) is 12.1 Å². The lowest BCUT2D eigenvalue weighted by Crippen LogP contribution is -2.46. The van der Waals surface area contributed by atoms with Crippen molar-refractivity contribution >= 4 is 11.9 Å². The number of carbonyl (C=O) groups is 2. The van der Waals surface area contributed by atoms with Crippen molar-refractivity contribution in [2.24, 2.45) is 0 Å². The van der Waals surface area contributed by atoms with E-state index in [0.717, 1.165) is 13.0 Å². The molecule has 6 nitrogen and oxygen atoms in total. The number of carboxylic acids is 1. The average Bonchev–Trinajstić information content (AvgIpc) is 3.08. The number of benzene rings is 1. The second kappa shape index (κ2) is 7.98. The summed E-state index contributed by atoms with van der Waals surface area (Å²) in [5, 5.41) is 8.91. The Labute approximate surface area is 146 Å². The first-order valence-corrected chi connectivity index (χ1v) is 8.45. The first kappa shape index (κ1) is 17.2. The molecule has 25 heavy (non-hydrogen) atoms. The van der Waals surface area contributed by atoms with Crippen molar-refractivity contribution < 1.29 is 19.4 Å². The molecule has 6 heteroatoms. The number of hydrogen-bond acceptors (Lipinski definition) is 3. The Kier molecular flexibility index (Phi) is 5.50. The summed E-state index contributed by atoms with van der Waals surface area (Å²) >= 11 is 0. The fourth-order valence-corrected chi connectivity index (χ4v) is 3.08. The molecule has 2 aromatic rings. The van der Waals surface area contributed by atoms with E-state index in [1.54, 1.807) is 4.90 Å². The smallest absolute Gasteiger partial charge is 0.306 e. The van der Waals surface area contributed by atoms with E-state index in [0.29, 0.717) is 25.4 Å². The highest BCUT2D eigenvalue weighted by atomic mass is 16.5. The van der Waals surface area contributed by atoms with Crippen LogP contribution in [0.25, 0.3) is 0 Å². The molecule has 0 spiro atoms.